The van der Waals surface area contributed by atoms with Crippen LogP contribution >= 0.6 is 0 Å². The summed E-state index contributed by atoms with van der Waals surface area (Å²) in [4.78, 5) is 31.0. The van der Waals surface area contributed by atoms with Gasteiger partial charge in [0.15, 0.2) is 9.84 Å². The lowest BCUT2D eigenvalue weighted by molar-refractivity contribution is -0.132. The number of fused-ring (bicyclic) bond motifs is 1. The molecule has 0 aliphatic carbocycles. The van der Waals surface area contributed by atoms with Crippen molar-refractivity contribution in [2.24, 2.45) is 0 Å². The molecule has 1 aliphatic rings. The smallest absolute Gasteiger partial charge is 0.261 e. The monoisotopic (exact) mass is 415 g/mol. The van der Waals surface area contributed by atoms with Crippen molar-refractivity contribution >= 4 is 26.6 Å². The first-order valence-electron chi connectivity index (χ1n) is 9.40. The van der Waals surface area contributed by atoms with E-state index < -0.39 is 15.1 Å². The summed E-state index contributed by atoms with van der Waals surface area (Å²) in [7, 11) is -3.34. The molecule has 0 N–H and O–H groups in total. The molecule has 0 bridgehead atoms. The van der Waals surface area contributed by atoms with E-state index in [-0.39, 0.29) is 23.8 Å². The number of furan rings is 1. The fourth-order valence-corrected chi connectivity index (χ4v) is 5.37. The zero-order valence-electron chi connectivity index (χ0n) is 15.7. The summed E-state index contributed by atoms with van der Waals surface area (Å²) in [5, 5.41) is -0.0350. The minimum Gasteiger partial charge on any atom is -0.468 e. The molecule has 1 aliphatic heterocycles. The number of likely N-dealkylation sites (tertiary alicyclic amines) is 1. The lowest BCUT2D eigenvalue weighted by Gasteiger charge is -2.31. The Bertz CT molecular complexity index is 1180. The summed E-state index contributed by atoms with van der Waals surface area (Å²) in [5.74, 6) is 0.0780. The minimum atomic E-state index is -3.34. The highest BCUT2D eigenvalue weighted by atomic mass is 32.2. The van der Waals surface area contributed by atoms with Crippen molar-refractivity contribution in [2.75, 3.05) is 13.1 Å². The van der Waals surface area contributed by atoms with Crippen LogP contribution in [-0.4, -0.2) is 47.1 Å². The van der Waals surface area contributed by atoms with Crippen LogP contribution in [0.5, 0.6) is 0 Å². The molecule has 3 aromatic rings. The lowest BCUT2D eigenvalue weighted by Crippen LogP contribution is -2.44. The second-order valence-electron chi connectivity index (χ2n) is 7.16. The summed E-state index contributed by atoms with van der Waals surface area (Å²) >= 11 is 0. The number of nitrogens with zero attached hydrogens (tertiary/aromatic N) is 3. The Labute approximate surface area is 167 Å². The molecule has 1 saturated heterocycles. The van der Waals surface area contributed by atoms with E-state index in [2.05, 4.69) is 4.98 Å². The lowest BCUT2D eigenvalue weighted by atomic mass is 10.1. The van der Waals surface area contributed by atoms with Crippen LogP contribution in [0.4, 0.5) is 0 Å². The van der Waals surface area contributed by atoms with Crippen molar-refractivity contribution in [3.05, 3.63) is 65.1 Å². The number of hydrogen-bond donors (Lipinski definition) is 0. The van der Waals surface area contributed by atoms with E-state index in [1.807, 2.05) is 0 Å². The summed E-state index contributed by atoms with van der Waals surface area (Å²) in [6, 6.07) is 10.3. The standard InChI is InChI=1S/C20H21N3O5S/c24-19(12-23-14-21-18-6-2-1-5-17(18)20(23)25)22-9-7-16(8-10-22)29(26,27)13-15-4-3-11-28-15/h1-6,11,14,16H,7-10,12-13H2. The van der Waals surface area contributed by atoms with Gasteiger partial charge in [-0.25, -0.2) is 13.4 Å². The summed E-state index contributed by atoms with van der Waals surface area (Å²) in [6.45, 7) is 0.577. The largest absolute Gasteiger partial charge is 0.468 e. The predicted molar refractivity (Wildman–Crippen MR) is 107 cm³/mol. The van der Waals surface area contributed by atoms with E-state index in [9.17, 15) is 18.0 Å². The highest BCUT2D eigenvalue weighted by molar-refractivity contribution is 7.91. The van der Waals surface area contributed by atoms with Gasteiger partial charge in [0.2, 0.25) is 5.91 Å². The third kappa shape index (κ3) is 4.09. The average Bonchev–Trinajstić information content (AvgIpc) is 3.22. The van der Waals surface area contributed by atoms with E-state index in [1.165, 1.54) is 17.2 Å². The van der Waals surface area contributed by atoms with Crippen LogP contribution in [-0.2, 0) is 26.9 Å². The molecule has 29 heavy (non-hydrogen) atoms. The number of piperidine rings is 1. The maximum Gasteiger partial charge on any atom is 0.261 e. The molecule has 1 aromatic carbocycles. The number of hydrogen-bond acceptors (Lipinski definition) is 6. The zero-order valence-corrected chi connectivity index (χ0v) is 16.5. The van der Waals surface area contributed by atoms with Crippen LogP contribution in [0, 0.1) is 0 Å². The van der Waals surface area contributed by atoms with Crippen molar-refractivity contribution in [3.63, 3.8) is 0 Å². The Balaban J connectivity index is 1.39. The summed E-state index contributed by atoms with van der Waals surface area (Å²) in [6.07, 6.45) is 3.58. The molecule has 1 fully saturated rings. The summed E-state index contributed by atoms with van der Waals surface area (Å²) in [5.41, 5.74) is 0.323. The van der Waals surface area contributed by atoms with Gasteiger partial charge in [0, 0.05) is 13.1 Å². The first-order valence-corrected chi connectivity index (χ1v) is 11.1. The summed E-state index contributed by atoms with van der Waals surface area (Å²) < 4.78 is 31.6. The van der Waals surface area contributed by atoms with Crippen molar-refractivity contribution in [1.82, 2.24) is 14.5 Å². The molecule has 0 spiro atoms. The third-order valence-corrected chi connectivity index (χ3v) is 7.44. The highest BCUT2D eigenvalue weighted by Crippen LogP contribution is 2.22. The van der Waals surface area contributed by atoms with Gasteiger partial charge in [-0.15, -0.1) is 0 Å². The van der Waals surface area contributed by atoms with Gasteiger partial charge in [-0.3, -0.25) is 14.2 Å². The van der Waals surface area contributed by atoms with Crippen molar-refractivity contribution < 1.29 is 17.6 Å². The van der Waals surface area contributed by atoms with Crippen LogP contribution in [0.25, 0.3) is 10.9 Å². The second kappa shape index (κ2) is 7.82. The maximum atomic E-state index is 12.6. The van der Waals surface area contributed by atoms with E-state index in [0.717, 1.165) is 0 Å². The van der Waals surface area contributed by atoms with Crippen LogP contribution in [0.3, 0.4) is 0 Å². The van der Waals surface area contributed by atoms with Gasteiger partial charge in [0.05, 0.1) is 28.7 Å². The Morgan fingerprint density at radius 3 is 2.62 bits per heavy atom. The van der Waals surface area contributed by atoms with Gasteiger partial charge in [-0.05, 0) is 37.1 Å². The first-order chi connectivity index (χ1) is 13.9. The van der Waals surface area contributed by atoms with Gasteiger partial charge < -0.3 is 9.32 Å². The molecular formula is C20H21N3O5S. The van der Waals surface area contributed by atoms with Crippen molar-refractivity contribution in [2.45, 2.75) is 30.4 Å². The zero-order chi connectivity index (χ0) is 20.4. The number of aromatic nitrogens is 2. The number of carbonyl (C=O) groups excluding carboxylic acids is 1. The molecule has 152 valence electrons. The quantitative estimate of drug-likeness (QED) is 0.627. The van der Waals surface area contributed by atoms with E-state index in [4.69, 9.17) is 4.42 Å². The molecule has 0 radical (unpaired) electrons. The number of amides is 1. The van der Waals surface area contributed by atoms with E-state index in [0.29, 0.717) is 42.6 Å². The topological polar surface area (TPSA) is 102 Å². The Hall–Kier alpha value is -2.94. The molecule has 0 saturated carbocycles. The number of sulfone groups is 1. The molecule has 4 rings (SSSR count). The normalized spacial score (nSPS) is 15.7. The minimum absolute atomic E-state index is 0.111. The fourth-order valence-electron chi connectivity index (χ4n) is 3.64. The number of rotatable bonds is 5. The Kier molecular flexibility index (Phi) is 5.23. The predicted octanol–water partition coefficient (Wildman–Crippen LogP) is 1.60. The molecule has 3 heterocycles. The van der Waals surface area contributed by atoms with Gasteiger partial charge in [0.25, 0.3) is 5.56 Å². The molecule has 9 heteroatoms. The van der Waals surface area contributed by atoms with Crippen molar-refractivity contribution in [1.29, 1.82) is 0 Å². The molecule has 0 atom stereocenters. The Morgan fingerprint density at radius 1 is 1.14 bits per heavy atom. The van der Waals surface area contributed by atoms with Crippen molar-refractivity contribution in [3.8, 4) is 0 Å². The number of carbonyl (C=O) groups is 1. The first kappa shape index (κ1) is 19.4. The van der Waals surface area contributed by atoms with Crippen LogP contribution in [0.2, 0.25) is 0 Å². The maximum absolute atomic E-state index is 12.6. The number of benzene rings is 1. The van der Waals surface area contributed by atoms with Gasteiger partial charge >= 0.3 is 0 Å². The molecule has 2 aromatic heterocycles. The molecule has 0 unspecified atom stereocenters. The van der Waals surface area contributed by atoms with Crippen LogP contribution in [0.1, 0.15) is 18.6 Å². The second-order valence-corrected chi connectivity index (χ2v) is 9.44. The molecule has 1 amide bonds. The van der Waals surface area contributed by atoms with E-state index >= 15 is 0 Å². The SMILES string of the molecule is O=C(Cn1cnc2ccccc2c1=O)N1CCC(S(=O)(=O)Cc2ccco2)CC1. The fraction of sp³-hybridized carbons (Fsp3) is 0.350. The highest BCUT2D eigenvalue weighted by Gasteiger charge is 2.32. The number of para-hydroxylation sites is 1. The third-order valence-electron chi connectivity index (χ3n) is 5.26. The van der Waals surface area contributed by atoms with Crippen LogP contribution in [0.15, 0.2) is 58.2 Å². The van der Waals surface area contributed by atoms with Gasteiger partial charge in [-0.2, -0.15) is 0 Å². The average molecular weight is 415 g/mol. The van der Waals surface area contributed by atoms with Crippen LogP contribution < -0.4 is 5.56 Å². The van der Waals surface area contributed by atoms with Gasteiger partial charge in [0.1, 0.15) is 18.1 Å². The molecular weight excluding hydrogens is 394 g/mol. The van der Waals surface area contributed by atoms with E-state index in [1.54, 1.807) is 41.3 Å². The Morgan fingerprint density at radius 2 is 1.90 bits per heavy atom. The molecule has 8 nitrogen and oxygen atoms in total. The van der Waals surface area contributed by atoms with Gasteiger partial charge in [-0.1, -0.05) is 12.1 Å².